The minimum Gasteiger partial charge on any atom is -0.369 e. The Labute approximate surface area is 89.5 Å². The summed E-state index contributed by atoms with van der Waals surface area (Å²) in [6.07, 6.45) is 10.4. The van der Waals surface area contributed by atoms with Gasteiger partial charge in [0.1, 0.15) is 6.17 Å². The van der Waals surface area contributed by atoms with Crippen LogP contribution in [0.4, 0.5) is 0 Å². The average molecular weight is 227 g/mol. The van der Waals surface area contributed by atoms with Crippen LogP contribution in [0.3, 0.4) is 0 Å². The third-order valence-electron chi connectivity index (χ3n) is 2.25. The fourth-order valence-corrected chi connectivity index (χ4v) is 2.83. The van der Waals surface area contributed by atoms with Crippen LogP contribution in [0.15, 0.2) is 37.0 Å². The lowest BCUT2D eigenvalue weighted by Crippen LogP contribution is -2.42. The zero-order valence-electron chi connectivity index (χ0n) is 8.37. The van der Waals surface area contributed by atoms with E-state index in [9.17, 15) is 8.42 Å². The van der Waals surface area contributed by atoms with E-state index in [2.05, 4.69) is 5.32 Å². The van der Waals surface area contributed by atoms with Gasteiger partial charge >= 0.3 is 10.2 Å². The maximum Gasteiger partial charge on any atom is 0.331 e. The highest BCUT2D eigenvalue weighted by molar-refractivity contribution is 7.87. The summed E-state index contributed by atoms with van der Waals surface area (Å²) in [6, 6.07) is 0. The first-order chi connectivity index (χ1) is 7.12. The highest BCUT2D eigenvalue weighted by Crippen LogP contribution is 2.18. The van der Waals surface area contributed by atoms with Gasteiger partial charge in [0, 0.05) is 24.8 Å². The molecule has 6 heteroatoms. The fourth-order valence-electron chi connectivity index (χ4n) is 1.46. The van der Waals surface area contributed by atoms with Crippen molar-refractivity contribution in [3.8, 4) is 0 Å². The van der Waals surface area contributed by atoms with Gasteiger partial charge in [0.05, 0.1) is 0 Å². The van der Waals surface area contributed by atoms with Crippen molar-refractivity contribution in [2.75, 3.05) is 0 Å². The van der Waals surface area contributed by atoms with Crippen LogP contribution < -0.4 is 5.32 Å². The van der Waals surface area contributed by atoms with Crippen molar-refractivity contribution < 1.29 is 8.42 Å². The Morgan fingerprint density at radius 3 is 2.47 bits per heavy atom. The maximum absolute atomic E-state index is 12.1. The molecule has 5 nitrogen and oxygen atoms in total. The Morgan fingerprint density at radius 1 is 1.27 bits per heavy atom. The van der Waals surface area contributed by atoms with E-state index in [1.807, 2.05) is 0 Å². The normalized spacial score (nSPS) is 24.7. The summed E-state index contributed by atoms with van der Waals surface area (Å²) in [6.45, 7) is 1.79. The lowest BCUT2D eigenvalue weighted by Gasteiger charge is -2.27. The van der Waals surface area contributed by atoms with Gasteiger partial charge in [0.15, 0.2) is 0 Å². The van der Waals surface area contributed by atoms with E-state index < -0.39 is 10.2 Å². The van der Waals surface area contributed by atoms with Gasteiger partial charge in [-0.2, -0.15) is 8.42 Å². The Morgan fingerprint density at radius 2 is 1.93 bits per heavy atom. The molecule has 0 saturated heterocycles. The molecule has 2 aliphatic rings. The number of rotatable bonds is 2. The van der Waals surface area contributed by atoms with Crippen LogP contribution in [-0.2, 0) is 10.2 Å². The lowest BCUT2D eigenvalue weighted by atomic mass is 10.4. The van der Waals surface area contributed by atoms with Gasteiger partial charge < -0.3 is 5.32 Å². The number of allylic oxidation sites excluding steroid dienone is 2. The molecular weight excluding hydrogens is 214 g/mol. The first-order valence-electron chi connectivity index (χ1n) is 4.70. The van der Waals surface area contributed by atoms with E-state index in [-0.39, 0.29) is 6.17 Å². The highest BCUT2D eigenvalue weighted by atomic mass is 32.2. The van der Waals surface area contributed by atoms with Crippen LogP contribution in [0.2, 0.25) is 0 Å². The predicted octanol–water partition coefficient (Wildman–Crippen LogP) is 0.687. The van der Waals surface area contributed by atoms with Crippen molar-refractivity contribution in [2.45, 2.75) is 19.5 Å². The summed E-state index contributed by atoms with van der Waals surface area (Å²) < 4.78 is 26.6. The summed E-state index contributed by atoms with van der Waals surface area (Å²) in [5, 5.41) is 2.91. The first kappa shape index (κ1) is 10.1. The smallest absolute Gasteiger partial charge is 0.331 e. The Kier molecular flexibility index (Phi) is 2.44. The van der Waals surface area contributed by atoms with Crippen LogP contribution in [0.1, 0.15) is 13.3 Å². The second-order valence-corrected chi connectivity index (χ2v) is 5.07. The third-order valence-corrected chi connectivity index (χ3v) is 4.00. The maximum atomic E-state index is 12.1. The summed E-state index contributed by atoms with van der Waals surface area (Å²) in [7, 11) is -3.47. The van der Waals surface area contributed by atoms with Crippen molar-refractivity contribution in [3.63, 3.8) is 0 Å². The van der Waals surface area contributed by atoms with Gasteiger partial charge in [-0.05, 0) is 13.3 Å². The number of nitrogens with zero attached hydrogens (tertiary/aromatic N) is 2. The number of hydrogen-bond acceptors (Lipinski definition) is 3. The van der Waals surface area contributed by atoms with E-state index in [0.29, 0.717) is 0 Å². The van der Waals surface area contributed by atoms with Crippen molar-refractivity contribution >= 4 is 10.2 Å². The summed E-state index contributed by atoms with van der Waals surface area (Å²) in [4.78, 5) is 0. The molecule has 0 aromatic heterocycles. The van der Waals surface area contributed by atoms with Crippen LogP contribution in [0.25, 0.3) is 0 Å². The van der Waals surface area contributed by atoms with Gasteiger partial charge in [-0.1, -0.05) is 12.2 Å². The lowest BCUT2D eigenvalue weighted by molar-refractivity contribution is 0.398. The number of hydrogen-bond donors (Lipinski definition) is 1. The number of nitrogens with one attached hydrogen (secondary N) is 1. The van der Waals surface area contributed by atoms with Crippen LogP contribution in [0.5, 0.6) is 0 Å². The van der Waals surface area contributed by atoms with Crippen LogP contribution >= 0.6 is 0 Å². The van der Waals surface area contributed by atoms with Crippen molar-refractivity contribution in [3.05, 3.63) is 37.0 Å². The zero-order chi connectivity index (χ0) is 10.9. The molecule has 0 saturated carbocycles. The van der Waals surface area contributed by atoms with Gasteiger partial charge in [-0.3, -0.25) is 0 Å². The molecule has 0 aromatic carbocycles. The molecule has 82 valence electrons. The molecule has 2 rings (SSSR count). The van der Waals surface area contributed by atoms with Crippen molar-refractivity contribution in [2.24, 2.45) is 0 Å². The fraction of sp³-hybridized carbons (Fsp3) is 0.333. The monoisotopic (exact) mass is 227 g/mol. The molecule has 1 N–H and O–H groups in total. The van der Waals surface area contributed by atoms with E-state index in [0.717, 1.165) is 6.42 Å². The molecule has 1 unspecified atom stereocenters. The van der Waals surface area contributed by atoms with Gasteiger partial charge in [-0.25, -0.2) is 8.61 Å². The summed E-state index contributed by atoms with van der Waals surface area (Å²) in [5.41, 5.74) is 0. The molecule has 0 spiro atoms. The molecule has 2 aliphatic heterocycles. The molecule has 0 bridgehead atoms. The standard InChI is InChI=1S/C9H13N3O2S/c1-9-10-5-8-12(9)15(13,14)11-6-3-2-4-7-11/h3-10H,2H2,1H3. The Bertz CT molecular complexity index is 413. The van der Waals surface area contributed by atoms with Gasteiger partial charge in [0.25, 0.3) is 0 Å². The molecule has 0 radical (unpaired) electrons. The van der Waals surface area contributed by atoms with Crippen LogP contribution in [-0.4, -0.2) is 23.2 Å². The molecule has 15 heavy (non-hydrogen) atoms. The molecule has 0 fully saturated rings. The topological polar surface area (TPSA) is 52.7 Å². The second-order valence-electron chi connectivity index (χ2n) is 3.33. The van der Waals surface area contributed by atoms with E-state index in [1.54, 1.807) is 37.7 Å². The van der Waals surface area contributed by atoms with E-state index >= 15 is 0 Å². The minimum absolute atomic E-state index is 0.237. The van der Waals surface area contributed by atoms with E-state index in [1.165, 1.54) is 14.8 Å². The SMILES string of the molecule is CC1NC=CN1S(=O)(=O)N1C=CCC=C1. The molecule has 0 aliphatic carbocycles. The summed E-state index contributed by atoms with van der Waals surface area (Å²) >= 11 is 0. The highest BCUT2D eigenvalue weighted by Gasteiger charge is 2.30. The van der Waals surface area contributed by atoms with Crippen molar-refractivity contribution in [1.82, 2.24) is 13.9 Å². The predicted molar refractivity (Wildman–Crippen MR) is 57.2 cm³/mol. The quantitative estimate of drug-likeness (QED) is 0.755. The molecule has 2 heterocycles. The van der Waals surface area contributed by atoms with Crippen molar-refractivity contribution in [1.29, 1.82) is 0 Å². The minimum atomic E-state index is -3.47. The Hall–Kier alpha value is -1.43. The van der Waals surface area contributed by atoms with Crippen LogP contribution in [0, 0.1) is 0 Å². The van der Waals surface area contributed by atoms with Gasteiger partial charge in [-0.15, -0.1) is 0 Å². The largest absolute Gasteiger partial charge is 0.369 e. The van der Waals surface area contributed by atoms with E-state index in [4.69, 9.17) is 0 Å². The molecule has 1 atom stereocenters. The zero-order valence-corrected chi connectivity index (χ0v) is 9.18. The Balaban J connectivity index is 2.26. The molecule has 0 aromatic rings. The first-order valence-corrected chi connectivity index (χ1v) is 6.10. The third kappa shape index (κ3) is 1.72. The average Bonchev–Trinajstić information content (AvgIpc) is 2.66. The molecule has 0 amide bonds. The summed E-state index contributed by atoms with van der Waals surface area (Å²) in [5.74, 6) is 0. The second kappa shape index (κ2) is 3.62. The molecular formula is C9H13N3O2S. The van der Waals surface area contributed by atoms with Gasteiger partial charge in [0.2, 0.25) is 0 Å².